The predicted octanol–water partition coefficient (Wildman–Crippen LogP) is -0.671. The topological polar surface area (TPSA) is 64.6 Å². The van der Waals surface area contributed by atoms with Crippen molar-refractivity contribution in [2.45, 2.75) is 0 Å². The molecule has 0 heterocycles. The number of hydrogen-bond donors (Lipinski definition) is 1. The Bertz CT molecular complexity index is 243. The van der Waals surface area contributed by atoms with Crippen LogP contribution in [0, 0.1) is 0 Å². The zero-order chi connectivity index (χ0) is 12.8. The van der Waals surface area contributed by atoms with Crippen molar-refractivity contribution in [1.82, 2.24) is 9.99 Å². The molecule has 0 fully saturated rings. The minimum Gasteiger partial charge on any atom is -0.766 e. The standard InChI is InChI=1S/C9H24N3O3P/c1-10-6-7-11(2)16(13,14)15-9-8-12(3,4)5/h10H,6-9H2,1-5H3. The van der Waals surface area contributed by atoms with Crippen LogP contribution in [-0.4, -0.2) is 70.6 Å². The smallest absolute Gasteiger partial charge is 0.207 e. The van der Waals surface area contributed by atoms with Crippen LogP contribution in [0.3, 0.4) is 0 Å². The third-order valence-corrected chi connectivity index (χ3v) is 3.67. The van der Waals surface area contributed by atoms with Gasteiger partial charge < -0.3 is 19.2 Å². The molecule has 0 bridgehead atoms. The van der Waals surface area contributed by atoms with Gasteiger partial charge in [0, 0.05) is 13.1 Å². The van der Waals surface area contributed by atoms with Crippen LogP contribution < -0.4 is 10.2 Å². The molecule has 6 nitrogen and oxygen atoms in total. The van der Waals surface area contributed by atoms with Crippen molar-refractivity contribution in [2.75, 3.05) is 61.5 Å². The molecule has 0 spiro atoms. The van der Waals surface area contributed by atoms with E-state index in [0.717, 1.165) is 0 Å². The molecule has 0 aromatic rings. The third-order valence-electron chi connectivity index (χ3n) is 2.12. The van der Waals surface area contributed by atoms with Gasteiger partial charge in [-0.25, -0.2) is 4.67 Å². The molecule has 0 aromatic carbocycles. The van der Waals surface area contributed by atoms with Crippen molar-refractivity contribution in [2.24, 2.45) is 0 Å². The molecule has 0 aliphatic rings. The van der Waals surface area contributed by atoms with Gasteiger partial charge in [-0.15, -0.1) is 0 Å². The van der Waals surface area contributed by atoms with Crippen molar-refractivity contribution in [1.29, 1.82) is 0 Å². The van der Waals surface area contributed by atoms with Crippen molar-refractivity contribution in [3.63, 3.8) is 0 Å². The number of quaternary nitrogens is 1. The van der Waals surface area contributed by atoms with E-state index in [2.05, 4.69) is 5.32 Å². The van der Waals surface area contributed by atoms with Crippen molar-refractivity contribution in [3.05, 3.63) is 0 Å². The lowest BCUT2D eigenvalue weighted by Crippen LogP contribution is -2.38. The molecule has 1 atom stereocenters. The highest BCUT2D eigenvalue weighted by Gasteiger charge is 2.16. The molecule has 0 amide bonds. The Morgan fingerprint density at radius 2 is 2.00 bits per heavy atom. The van der Waals surface area contributed by atoms with E-state index in [1.54, 1.807) is 7.05 Å². The Morgan fingerprint density at radius 1 is 1.44 bits per heavy atom. The van der Waals surface area contributed by atoms with Crippen LogP contribution >= 0.6 is 7.75 Å². The quantitative estimate of drug-likeness (QED) is 0.459. The van der Waals surface area contributed by atoms with Crippen LogP contribution in [0.5, 0.6) is 0 Å². The van der Waals surface area contributed by atoms with Crippen LogP contribution in [0.4, 0.5) is 0 Å². The summed E-state index contributed by atoms with van der Waals surface area (Å²) in [5.74, 6) is 0. The zero-order valence-electron chi connectivity index (χ0n) is 10.9. The summed E-state index contributed by atoms with van der Waals surface area (Å²) in [5.41, 5.74) is 0. The summed E-state index contributed by atoms with van der Waals surface area (Å²) in [6.45, 7) is 1.91. The number of likely N-dealkylation sites (N-methyl/N-ethyl adjacent to an activating group) is 3. The van der Waals surface area contributed by atoms with E-state index in [0.29, 0.717) is 24.1 Å². The maximum absolute atomic E-state index is 11.6. The van der Waals surface area contributed by atoms with Gasteiger partial charge in [-0.05, 0) is 14.1 Å². The zero-order valence-corrected chi connectivity index (χ0v) is 11.8. The minimum atomic E-state index is -3.87. The van der Waals surface area contributed by atoms with Crippen molar-refractivity contribution >= 4 is 7.75 Å². The Hall–Kier alpha value is 0.0300. The molecular formula is C9H24N3O3P. The highest BCUT2D eigenvalue weighted by molar-refractivity contribution is 7.48. The van der Waals surface area contributed by atoms with E-state index in [9.17, 15) is 9.46 Å². The molecule has 0 saturated heterocycles. The summed E-state index contributed by atoms with van der Waals surface area (Å²) in [5, 5.41) is 2.89. The lowest BCUT2D eigenvalue weighted by Gasteiger charge is -2.33. The predicted molar refractivity (Wildman–Crippen MR) is 63.0 cm³/mol. The van der Waals surface area contributed by atoms with Gasteiger partial charge in [0.05, 0.1) is 21.1 Å². The van der Waals surface area contributed by atoms with E-state index >= 15 is 0 Å². The fourth-order valence-corrected chi connectivity index (χ4v) is 1.78. The van der Waals surface area contributed by atoms with Crippen LogP contribution in [0.2, 0.25) is 0 Å². The van der Waals surface area contributed by atoms with Gasteiger partial charge in [0.2, 0.25) is 7.75 Å². The van der Waals surface area contributed by atoms with E-state index in [1.165, 1.54) is 11.7 Å². The SMILES string of the molecule is CNCCN(C)P(=O)([O-])OCC[N+](C)(C)C. The van der Waals surface area contributed by atoms with Gasteiger partial charge in [0.15, 0.2) is 0 Å². The summed E-state index contributed by atoms with van der Waals surface area (Å²) in [6.07, 6.45) is 0. The van der Waals surface area contributed by atoms with Crippen LogP contribution in [0.15, 0.2) is 0 Å². The van der Waals surface area contributed by atoms with E-state index in [-0.39, 0.29) is 6.61 Å². The molecule has 98 valence electrons. The summed E-state index contributed by atoms with van der Waals surface area (Å²) in [6, 6.07) is 0. The van der Waals surface area contributed by atoms with Gasteiger partial charge in [-0.3, -0.25) is 4.57 Å². The summed E-state index contributed by atoms with van der Waals surface area (Å²) in [4.78, 5) is 11.6. The van der Waals surface area contributed by atoms with E-state index in [4.69, 9.17) is 4.52 Å². The first-order valence-corrected chi connectivity index (χ1v) is 6.81. The summed E-state index contributed by atoms with van der Waals surface area (Å²) >= 11 is 0. The maximum Gasteiger partial charge on any atom is 0.207 e. The lowest BCUT2D eigenvalue weighted by molar-refractivity contribution is -0.870. The molecule has 1 N–H and O–H groups in total. The fraction of sp³-hybridized carbons (Fsp3) is 1.00. The average molecular weight is 253 g/mol. The molecule has 0 radical (unpaired) electrons. The Kier molecular flexibility index (Phi) is 6.70. The third kappa shape index (κ3) is 7.33. The van der Waals surface area contributed by atoms with Gasteiger partial charge in [0.25, 0.3) is 0 Å². The van der Waals surface area contributed by atoms with Gasteiger partial charge in [0.1, 0.15) is 13.2 Å². The number of rotatable bonds is 8. The second-order valence-corrected chi connectivity index (χ2v) is 6.68. The highest BCUT2D eigenvalue weighted by Crippen LogP contribution is 2.39. The lowest BCUT2D eigenvalue weighted by atomic mass is 10.5. The average Bonchev–Trinajstić information content (AvgIpc) is 2.11. The Labute approximate surface area is 98.4 Å². The van der Waals surface area contributed by atoms with Gasteiger partial charge in [-0.1, -0.05) is 0 Å². The van der Waals surface area contributed by atoms with Crippen LogP contribution in [0.1, 0.15) is 0 Å². The normalized spacial score (nSPS) is 16.4. The number of nitrogens with zero attached hydrogens (tertiary/aromatic N) is 2. The minimum absolute atomic E-state index is 0.216. The first-order chi connectivity index (χ1) is 7.19. The van der Waals surface area contributed by atoms with Gasteiger partial charge in [-0.2, -0.15) is 0 Å². The molecule has 0 aliphatic carbocycles. The molecule has 1 unspecified atom stereocenters. The first-order valence-electron chi connectivity index (χ1n) is 5.31. The number of nitrogens with one attached hydrogen (secondary N) is 1. The largest absolute Gasteiger partial charge is 0.766 e. The van der Waals surface area contributed by atoms with Crippen molar-refractivity contribution < 1.29 is 18.5 Å². The fourth-order valence-electron chi connectivity index (χ4n) is 0.925. The summed E-state index contributed by atoms with van der Waals surface area (Å²) < 4.78 is 18.5. The second kappa shape index (κ2) is 6.69. The Morgan fingerprint density at radius 3 is 2.44 bits per heavy atom. The number of hydrogen-bond acceptors (Lipinski definition) is 4. The molecule has 0 aliphatic heterocycles. The van der Waals surface area contributed by atoms with E-state index in [1.807, 2.05) is 21.1 Å². The van der Waals surface area contributed by atoms with Crippen LogP contribution in [0.25, 0.3) is 0 Å². The molecular weight excluding hydrogens is 229 g/mol. The van der Waals surface area contributed by atoms with Gasteiger partial charge >= 0.3 is 0 Å². The van der Waals surface area contributed by atoms with Crippen molar-refractivity contribution in [3.8, 4) is 0 Å². The molecule has 16 heavy (non-hydrogen) atoms. The monoisotopic (exact) mass is 253 g/mol. The van der Waals surface area contributed by atoms with Crippen LogP contribution in [-0.2, 0) is 9.09 Å². The second-order valence-electron chi connectivity index (χ2n) is 4.80. The molecule has 0 aromatic heterocycles. The highest BCUT2D eigenvalue weighted by atomic mass is 31.2. The maximum atomic E-state index is 11.6. The molecule has 7 heteroatoms. The summed E-state index contributed by atoms with van der Waals surface area (Å²) in [7, 11) is 5.41. The Balaban J connectivity index is 3.99. The van der Waals surface area contributed by atoms with E-state index < -0.39 is 7.75 Å². The molecule has 0 rings (SSSR count). The first kappa shape index (κ1) is 16.0. The molecule has 0 saturated carbocycles.